The van der Waals surface area contributed by atoms with Crippen LogP contribution in [0.2, 0.25) is 0 Å². The molecule has 2 atom stereocenters. The lowest BCUT2D eigenvalue weighted by Gasteiger charge is -2.17. The molecule has 0 radical (unpaired) electrons. The standard InChI is InChI=1S/C13H21N3/c1-15(2)11-6-4-10(5-7-11)12-8-16(3)9-13(12)14/h4-7,12-13H,8-9,14H2,1-3H3. The van der Waals surface area contributed by atoms with Crippen LogP contribution in [0.15, 0.2) is 24.3 Å². The van der Waals surface area contributed by atoms with Crippen molar-refractivity contribution < 1.29 is 0 Å². The molecule has 2 unspecified atom stereocenters. The van der Waals surface area contributed by atoms with Gasteiger partial charge in [-0.25, -0.2) is 0 Å². The molecule has 0 bridgehead atoms. The molecular formula is C13H21N3. The Hall–Kier alpha value is -1.06. The van der Waals surface area contributed by atoms with Crippen molar-refractivity contribution in [1.82, 2.24) is 4.90 Å². The van der Waals surface area contributed by atoms with E-state index >= 15 is 0 Å². The number of hydrogen-bond donors (Lipinski definition) is 1. The fraction of sp³-hybridized carbons (Fsp3) is 0.538. The highest BCUT2D eigenvalue weighted by Gasteiger charge is 2.28. The van der Waals surface area contributed by atoms with Gasteiger partial charge in [-0.05, 0) is 24.7 Å². The summed E-state index contributed by atoms with van der Waals surface area (Å²) in [7, 11) is 6.25. The predicted molar refractivity (Wildman–Crippen MR) is 69.0 cm³/mol. The maximum atomic E-state index is 6.15. The molecule has 0 amide bonds. The normalized spacial score (nSPS) is 26.0. The molecule has 16 heavy (non-hydrogen) atoms. The van der Waals surface area contributed by atoms with E-state index in [2.05, 4.69) is 55.2 Å². The highest BCUT2D eigenvalue weighted by Crippen LogP contribution is 2.26. The van der Waals surface area contributed by atoms with Gasteiger partial charge in [-0.2, -0.15) is 0 Å². The first kappa shape index (κ1) is 11.4. The molecule has 0 saturated carbocycles. The lowest BCUT2D eigenvalue weighted by molar-refractivity contribution is 0.407. The Balaban J connectivity index is 2.15. The van der Waals surface area contributed by atoms with Gasteiger partial charge in [-0.3, -0.25) is 0 Å². The number of rotatable bonds is 2. The molecule has 2 rings (SSSR count). The third kappa shape index (κ3) is 2.20. The second-order valence-corrected chi connectivity index (χ2v) is 4.98. The van der Waals surface area contributed by atoms with Crippen molar-refractivity contribution in [1.29, 1.82) is 0 Å². The minimum Gasteiger partial charge on any atom is -0.378 e. The number of anilines is 1. The van der Waals surface area contributed by atoms with Crippen molar-refractivity contribution in [2.45, 2.75) is 12.0 Å². The lowest BCUT2D eigenvalue weighted by Crippen LogP contribution is -2.27. The van der Waals surface area contributed by atoms with E-state index < -0.39 is 0 Å². The van der Waals surface area contributed by atoms with E-state index in [0.29, 0.717) is 5.92 Å². The minimum atomic E-state index is 0.273. The largest absolute Gasteiger partial charge is 0.378 e. The van der Waals surface area contributed by atoms with Crippen molar-refractivity contribution in [3.63, 3.8) is 0 Å². The molecule has 1 aromatic rings. The number of benzene rings is 1. The SMILES string of the molecule is CN1CC(N)C(c2ccc(N(C)C)cc2)C1. The van der Waals surface area contributed by atoms with Crippen LogP contribution in [0, 0.1) is 0 Å². The van der Waals surface area contributed by atoms with Gasteiger partial charge in [-0.15, -0.1) is 0 Å². The van der Waals surface area contributed by atoms with Crippen LogP contribution >= 0.6 is 0 Å². The summed E-state index contributed by atoms with van der Waals surface area (Å²) < 4.78 is 0. The fourth-order valence-corrected chi connectivity index (χ4v) is 2.41. The number of nitrogens with zero attached hydrogens (tertiary/aromatic N) is 2. The van der Waals surface area contributed by atoms with Crippen molar-refractivity contribution in [3.05, 3.63) is 29.8 Å². The minimum absolute atomic E-state index is 0.273. The first-order valence-electron chi connectivity index (χ1n) is 5.79. The Morgan fingerprint density at radius 1 is 1.19 bits per heavy atom. The lowest BCUT2D eigenvalue weighted by atomic mass is 9.95. The zero-order valence-electron chi connectivity index (χ0n) is 10.4. The maximum Gasteiger partial charge on any atom is 0.0361 e. The van der Waals surface area contributed by atoms with Crippen LogP contribution in [0.5, 0.6) is 0 Å². The summed E-state index contributed by atoms with van der Waals surface area (Å²) in [6.07, 6.45) is 0. The second kappa shape index (κ2) is 4.44. The number of hydrogen-bond acceptors (Lipinski definition) is 3. The first-order chi connectivity index (χ1) is 7.58. The van der Waals surface area contributed by atoms with Gasteiger partial charge in [0.1, 0.15) is 0 Å². The molecule has 1 aromatic carbocycles. The monoisotopic (exact) mass is 219 g/mol. The molecule has 0 aliphatic carbocycles. The highest BCUT2D eigenvalue weighted by molar-refractivity contribution is 5.47. The van der Waals surface area contributed by atoms with Crippen molar-refractivity contribution >= 4 is 5.69 Å². The van der Waals surface area contributed by atoms with E-state index in [9.17, 15) is 0 Å². The summed E-state index contributed by atoms with van der Waals surface area (Å²) >= 11 is 0. The van der Waals surface area contributed by atoms with E-state index in [1.807, 2.05) is 0 Å². The number of likely N-dealkylation sites (N-methyl/N-ethyl adjacent to an activating group) is 1. The van der Waals surface area contributed by atoms with Gasteiger partial charge in [-0.1, -0.05) is 12.1 Å². The van der Waals surface area contributed by atoms with Crippen LogP contribution in [0.4, 0.5) is 5.69 Å². The van der Waals surface area contributed by atoms with Crippen LogP contribution in [0.1, 0.15) is 11.5 Å². The van der Waals surface area contributed by atoms with E-state index in [-0.39, 0.29) is 6.04 Å². The van der Waals surface area contributed by atoms with E-state index in [0.717, 1.165) is 13.1 Å². The van der Waals surface area contributed by atoms with Gasteiger partial charge in [0.05, 0.1) is 0 Å². The Labute approximate surface area is 97.8 Å². The summed E-state index contributed by atoms with van der Waals surface area (Å²) in [5, 5.41) is 0. The van der Waals surface area contributed by atoms with E-state index in [1.165, 1.54) is 11.3 Å². The molecule has 0 spiro atoms. The molecule has 3 nitrogen and oxygen atoms in total. The van der Waals surface area contributed by atoms with Crippen LogP contribution in [-0.4, -0.2) is 45.2 Å². The zero-order valence-corrected chi connectivity index (χ0v) is 10.4. The molecule has 88 valence electrons. The Bertz CT molecular complexity index is 345. The molecule has 1 fully saturated rings. The van der Waals surface area contributed by atoms with Gasteiger partial charge in [0, 0.05) is 44.8 Å². The van der Waals surface area contributed by atoms with Crippen molar-refractivity contribution in [3.8, 4) is 0 Å². The van der Waals surface area contributed by atoms with Crippen LogP contribution in [0.25, 0.3) is 0 Å². The quantitative estimate of drug-likeness (QED) is 0.808. The van der Waals surface area contributed by atoms with Gasteiger partial charge in [0.2, 0.25) is 0 Å². The topological polar surface area (TPSA) is 32.5 Å². The third-order valence-electron chi connectivity index (χ3n) is 3.39. The molecule has 2 N–H and O–H groups in total. The molecule has 1 saturated heterocycles. The Morgan fingerprint density at radius 3 is 2.25 bits per heavy atom. The second-order valence-electron chi connectivity index (χ2n) is 4.98. The van der Waals surface area contributed by atoms with Crippen LogP contribution < -0.4 is 10.6 Å². The summed E-state index contributed by atoms with van der Waals surface area (Å²) in [5.74, 6) is 0.487. The molecular weight excluding hydrogens is 198 g/mol. The summed E-state index contributed by atoms with van der Waals surface area (Å²) in [6, 6.07) is 9.02. The van der Waals surface area contributed by atoms with E-state index in [1.54, 1.807) is 0 Å². The average molecular weight is 219 g/mol. The average Bonchev–Trinajstić information content (AvgIpc) is 2.58. The van der Waals surface area contributed by atoms with E-state index in [4.69, 9.17) is 5.73 Å². The van der Waals surface area contributed by atoms with Crippen LogP contribution in [-0.2, 0) is 0 Å². The van der Waals surface area contributed by atoms with Gasteiger partial charge in [0.15, 0.2) is 0 Å². The summed E-state index contributed by atoms with van der Waals surface area (Å²) in [6.45, 7) is 2.07. The van der Waals surface area contributed by atoms with Crippen molar-refractivity contribution in [2.75, 3.05) is 39.1 Å². The smallest absolute Gasteiger partial charge is 0.0361 e. The predicted octanol–water partition coefficient (Wildman–Crippen LogP) is 1.11. The summed E-state index contributed by atoms with van der Waals surface area (Å²) in [4.78, 5) is 4.42. The molecule has 3 heteroatoms. The van der Waals surface area contributed by atoms with Gasteiger partial charge < -0.3 is 15.5 Å². The molecule has 1 heterocycles. The maximum absolute atomic E-state index is 6.15. The van der Waals surface area contributed by atoms with Gasteiger partial charge >= 0.3 is 0 Å². The zero-order chi connectivity index (χ0) is 11.7. The first-order valence-corrected chi connectivity index (χ1v) is 5.79. The van der Waals surface area contributed by atoms with Crippen LogP contribution in [0.3, 0.4) is 0 Å². The molecule has 1 aliphatic rings. The Morgan fingerprint density at radius 2 is 1.81 bits per heavy atom. The third-order valence-corrected chi connectivity index (χ3v) is 3.39. The Kier molecular flexibility index (Phi) is 3.17. The van der Waals surface area contributed by atoms with Crippen molar-refractivity contribution in [2.24, 2.45) is 5.73 Å². The number of likely N-dealkylation sites (tertiary alicyclic amines) is 1. The number of nitrogens with two attached hydrogens (primary N) is 1. The highest BCUT2D eigenvalue weighted by atomic mass is 15.1. The fourth-order valence-electron chi connectivity index (χ4n) is 2.41. The summed E-state index contributed by atoms with van der Waals surface area (Å²) in [5.41, 5.74) is 8.75. The molecule has 0 aromatic heterocycles. The van der Waals surface area contributed by atoms with Gasteiger partial charge in [0.25, 0.3) is 0 Å². The molecule has 1 aliphatic heterocycles.